The predicted octanol–water partition coefficient (Wildman–Crippen LogP) is -1.44. The van der Waals surface area contributed by atoms with Gasteiger partial charge in [-0.05, 0) is 32.4 Å². The van der Waals surface area contributed by atoms with E-state index in [4.69, 9.17) is 22.9 Å². The summed E-state index contributed by atoms with van der Waals surface area (Å²) in [6.45, 7) is 2.97. The topological polar surface area (TPSA) is 120 Å². The van der Waals surface area contributed by atoms with Crippen LogP contribution in [0, 0.1) is 0 Å². The summed E-state index contributed by atoms with van der Waals surface area (Å²) in [5.74, 6) is 0.0924. The van der Waals surface area contributed by atoms with Crippen molar-refractivity contribution in [1.29, 1.82) is 0 Å². The molecule has 0 aliphatic heterocycles. The number of unbranched alkanes of at least 4 members (excludes halogenated alkanes) is 1. The van der Waals surface area contributed by atoms with Crippen molar-refractivity contribution in [2.24, 2.45) is 28.0 Å². The summed E-state index contributed by atoms with van der Waals surface area (Å²) in [6, 6.07) is 0. The van der Waals surface area contributed by atoms with Crippen LogP contribution in [0.1, 0.15) is 19.3 Å². The molecule has 0 spiro atoms. The van der Waals surface area contributed by atoms with Crippen molar-refractivity contribution in [2.45, 2.75) is 19.3 Å². The summed E-state index contributed by atoms with van der Waals surface area (Å²) >= 11 is 0. The largest absolute Gasteiger partial charge is 0.369 e. The number of hydrogen-bond donors (Lipinski definition) is 4. The Balaban J connectivity index is 3.79. The van der Waals surface area contributed by atoms with E-state index in [2.05, 4.69) is 5.10 Å². The average Bonchev–Trinajstić information content (AvgIpc) is 2.13. The van der Waals surface area contributed by atoms with E-state index in [1.165, 1.54) is 0 Å². The van der Waals surface area contributed by atoms with Crippen LogP contribution >= 0.6 is 0 Å². The van der Waals surface area contributed by atoms with Gasteiger partial charge in [-0.2, -0.15) is 0 Å². The lowest BCUT2D eigenvalue weighted by molar-refractivity contribution is 0.279. The monoisotopic (exact) mass is 202 g/mol. The van der Waals surface area contributed by atoms with Crippen LogP contribution in [0.5, 0.6) is 0 Å². The first kappa shape index (κ1) is 13.0. The molecule has 14 heavy (non-hydrogen) atoms. The fraction of sp³-hybridized carbons (Fsp3) is 0.875. The molecule has 0 rings (SSSR count). The first-order valence-corrected chi connectivity index (χ1v) is 4.95. The van der Waals surface area contributed by atoms with E-state index in [-0.39, 0.29) is 5.96 Å². The lowest BCUT2D eigenvalue weighted by Crippen LogP contribution is -2.31. The van der Waals surface area contributed by atoms with Gasteiger partial charge in [0.1, 0.15) is 0 Å². The minimum absolute atomic E-state index is 0.0924. The second-order valence-electron chi connectivity index (χ2n) is 3.12. The SMILES string of the molecule is NCCCCN(CCCN)N=C(N)N. The molecule has 0 heterocycles. The first-order valence-electron chi connectivity index (χ1n) is 4.95. The van der Waals surface area contributed by atoms with Crippen LogP contribution in [-0.2, 0) is 0 Å². The molecular weight excluding hydrogens is 180 g/mol. The van der Waals surface area contributed by atoms with E-state index < -0.39 is 0 Å². The van der Waals surface area contributed by atoms with Gasteiger partial charge in [0.2, 0.25) is 5.96 Å². The van der Waals surface area contributed by atoms with E-state index in [0.717, 1.165) is 32.4 Å². The van der Waals surface area contributed by atoms with Gasteiger partial charge in [0.05, 0.1) is 0 Å². The van der Waals surface area contributed by atoms with E-state index in [9.17, 15) is 0 Å². The molecule has 0 aliphatic carbocycles. The van der Waals surface area contributed by atoms with Crippen molar-refractivity contribution >= 4 is 5.96 Å². The lowest BCUT2D eigenvalue weighted by atomic mass is 10.3. The van der Waals surface area contributed by atoms with Gasteiger partial charge >= 0.3 is 0 Å². The molecule has 0 bridgehead atoms. The van der Waals surface area contributed by atoms with E-state index in [0.29, 0.717) is 13.1 Å². The number of hydrazone groups is 1. The van der Waals surface area contributed by atoms with Gasteiger partial charge in [-0.15, -0.1) is 5.10 Å². The highest BCUT2D eigenvalue weighted by Crippen LogP contribution is 1.96. The van der Waals surface area contributed by atoms with Gasteiger partial charge in [-0.25, -0.2) is 0 Å². The Morgan fingerprint density at radius 1 is 0.929 bits per heavy atom. The van der Waals surface area contributed by atoms with E-state index >= 15 is 0 Å². The molecule has 0 amide bonds. The van der Waals surface area contributed by atoms with Gasteiger partial charge in [0.25, 0.3) is 0 Å². The van der Waals surface area contributed by atoms with Gasteiger partial charge in [0.15, 0.2) is 0 Å². The number of hydrogen-bond acceptors (Lipinski definition) is 4. The van der Waals surface area contributed by atoms with Gasteiger partial charge in [-0.1, -0.05) is 0 Å². The van der Waals surface area contributed by atoms with Crippen LogP contribution in [0.25, 0.3) is 0 Å². The molecule has 84 valence electrons. The van der Waals surface area contributed by atoms with Crippen LogP contribution in [0.15, 0.2) is 5.10 Å². The molecule has 0 unspecified atom stereocenters. The summed E-state index contributed by atoms with van der Waals surface area (Å²) in [6.07, 6.45) is 2.87. The maximum Gasteiger partial charge on any atom is 0.208 e. The van der Waals surface area contributed by atoms with Crippen molar-refractivity contribution in [3.8, 4) is 0 Å². The number of nitrogens with zero attached hydrogens (tertiary/aromatic N) is 2. The Morgan fingerprint density at radius 2 is 1.50 bits per heavy atom. The van der Waals surface area contributed by atoms with Crippen LogP contribution in [0.3, 0.4) is 0 Å². The molecule has 0 radical (unpaired) electrons. The molecular formula is C8H22N6. The van der Waals surface area contributed by atoms with Crippen molar-refractivity contribution < 1.29 is 0 Å². The maximum absolute atomic E-state index is 5.40. The zero-order chi connectivity index (χ0) is 10.8. The lowest BCUT2D eigenvalue weighted by Gasteiger charge is -2.18. The maximum atomic E-state index is 5.40. The van der Waals surface area contributed by atoms with Gasteiger partial charge in [-0.3, -0.25) is 5.01 Å². The standard InChI is InChI=1S/C8H22N6/c9-4-1-2-6-14(7-3-5-10)13-8(11)12/h1-7,9-10H2,(H4,11,12,13). The third-order valence-corrected chi connectivity index (χ3v) is 1.75. The Morgan fingerprint density at radius 3 is 2.00 bits per heavy atom. The summed E-state index contributed by atoms with van der Waals surface area (Å²) in [5, 5.41) is 5.84. The third kappa shape index (κ3) is 7.63. The zero-order valence-corrected chi connectivity index (χ0v) is 8.65. The molecule has 0 saturated carbocycles. The Bertz CT molecular complexity index is 154. The van der Waals surface area contributed by atoms with Crippen molar-refractivity contribution in [3.63, 3.8) is 0 Å². The van der Waals surface area contributed by atoms with Crippen molar-refractivity contribution in [3.05, 3.63) is 0 Å². The third-order valence-electron chi connectivity index (χ3n) is 1.75. The van der Waals surface area contributed by atoms with Crippen LogP contribution in [0.2, 0.25) is 0 Å². The molecule has 0 aromatic carbocycles. The summed E-state index contributed by atoms with van der Waals surface area (Å²) < 4.78 is 0. The highest BCUT2D eigenvalue weighted by atomic mass is 15.5. The number of nitrogens with two attached hydrogens (primary N) is 4. The average molecular weight is 202 g/mol. The van der Waals surface area contributed by atoms with Crippen LogP contribution in [0.4, 0.5) is 0 Å². The fourth-order valence-corrected chi connectivity index (χ4v) is 1.09. The Kier molecular flexibility index (Phi) is 7.96. The molecule has 0 aromatic heterocycles. The minimum atomic E-state index is 0.0924. The summed E-state index contributed by atoms with van der Waals surface area (Å²) in [5.41, 5.74) is 21.4. The van der Waals surface area contributed by atoms with Crippen molar-refractivity contribution in [2.75, 3.05) is 26.2 Å². The molecule has 0 saturated heterocycles. The second kappa shape index (κ2) is 8.58. The van der Waals surface area contributed by atoms with E-state index in [1.54, 1.807) is 0 Å². The fourth-order valence-electron chi connectivity index (χ4n) is 1.09. The first-order chi connectivity index (χ1) is 6.70. The molecule has 6 heteroatoms. The highest BCUT2D eigenvalue weighted by molar-refractivity contribution is 5.75. The molecule has 0 atom stereocenters. The predicted molar refractivity (Wildman–Crippen MR) is 59.3 cm³/mol. The summed E-state index contributed by atoms with van der Waals surface area (Å²) in [7, 11) is 0. The van der Waals surface area contributed by atoms with Gasteiger partial charge in [0, 0.05) is 13.1 Å². The van der Waals surface area contributed by atoms with Crippen molar-refractivity contribution in [1.82, 2.24) is 5.01 Å². The smallest absolute Gasteiger partial charge is 0.208 e. The summed E-state index contributed by atoms with van der Waals surface area (Å²) in [4.78, 5) is 0. The zero-order valence-electron chi connectivity index (χ0n) is 8.65. The highest BCUT2D eigenvalue weighted by Gasteiger charge is 2.00. The number of guanidine groups is 1. The molecule has 0 aliphatic rings. The molecule has 6 nitrogen and oxygen atoms in total. The molecule has 0 aromatic rings. The van der Waals surface area contributed by atoms with Crippen LogP contribution < -0.4 is 22.9 Å². The second-order valence-corrected chi connectivity index (χ2v) is 3.12. The van der Waals surface area contributed by atoms with Gasteiger partial charge < -0.3 is 22.9 Å². The molecule has 8 N–H and O–H groups in total. The van der Waals surface area contributed by atoms with Crippen LogP contribution in [-0.4, -0.2) is 37.1 Å². The normalized spacial score (nSPS) is 9.86. The number of rotatable bonds is 8. The Hall–Kier alpha value is -1.01. The minimum Gasteiger partial charge on any atom is -0.369 e. The van der Waals surface area contributed by atoms with E-state index in [1.807, 2.05) is 5.01 Å². The quantitative estimate of drug-likeness (QED) is 0.166. The Labute approximate surface area is 85.3 Å². The molecule has 0 fully saturated rings.